The maximum atomic E-state index is 13.4. The SMILES string of the molecule is O=C(OCc1ccc(F)c(F)c1)N1CCC2(CCc3cc(-c4ccc(CS(=O)(=O)Cc5ccccn5)cc4)ccc3O2)CC1. The fourth-order valence-corrected chi connectivity index (χ4v) is 7.25. The van der Waals surface area contributed by atoms with E-state index in [0.29, 0.717) is 37.2 Å². The minimum atomic E-state index is -3.35. The highest BCUT2D eigenvalue weighted by Gasteiger charge is 2.40. The summed E-state index contributed by atoms with van der Waals surface area (Å²) in [5, 5.41) is 0. The summed E-state index contributed by atoms with van der Waals surface area (Å²) in [6.45, 7) is 0.833. The highest BCUT2D eigenvalue weighted by Crippen LogP contribution is 2.41. The topological polar surface area (TPSA) is 85.8 Å². The van der Waals surface area contributed by atoms with Crippen LogP contribution in [0.1, 0.15) is 41.6 Å². The summed E-state index contributed by atoms with van der Waals surface area (Å²) in [6.07, 6.45) is 4.11. The highest BCUT2D eigenvalue weighted by atomic mass is 32.2. The van der Waals surface area contributed by atoms with Gasteiger partial charge in [-0.3, -0.25) is 4.98 Å². The van der Waals surface area contributed by atoms with Crippen LogP contribution in [-0.2, 0) is 39.1 Å². The lowest BCUT2D eigenvalue weighted by atomic mass is 9.82. The number of pyridine rings is 1. The molecule has 4 aromatic rings. The molecule has 1 spiro atoms. The number of aromatic nitrogens is 1. The van der Waals surface area contributed by atoms with Crippen LogP contribution < -0.4 is 4.74 Å². The zero-order chi connectivity index (χ0) is 30.7. The van der Waals surface area contributed by atoms with Crippen molar-refractivity contribution in [3.63, 3.8) is 0 Å². The molecule has 1 aromatic heterocycles. The lowest BCUT2D eigenvalue weighted by Gasteiger charge is -2.44. The molecular formula is C34H32F2N2O5S. The van der Waals surface area contributed by atoms with Gasteiger partial charge >= 0.3 is 6.09 Å². The molecular weight excluding hydrogens is 586 g/mol. The summed E-state index contributed by atoms with van der Waals surface area (Å²) in [4.78, 5) is 18.3. The first-order valence-electron chi connectivity index (χ1n) is 14.5. The monoisotopic (exact) mass is 618 g/mol. The second-order valence-corrected chi connectivity index (χ2v) is 13.5. The van der Waals surface area contributed by atoms with E-state index in [1.807, 2.05) is 36.4 Å². The molecule has 2 aliphatic rings. The first-order chi connectivity index (χ1) is 21.2. The van der Waals surface area contributed by atoms with Crippen molar-refractivity contribution in [3.8, 4) is 16.9 Å². The summed E-state index contributed by atoms with van der Waals surface area (Å²) in [6, 6.07) is 22.4. The fourth-order valence-electron chi connectivity index (χ4n) is 5.82. The minimum Gasteiger partial charge on any atom is -0.487 e. The molecule has 1 fully saturated rings. The van der Waals surface area contributed by atoms with Crippen LogP contribution in [0.15, 0.2) is 85.1 Å². The number of halogens is 2. The third-order valence-electron chi connectivity index (χ3n) is 8.28. The van der Waals surface area contributed by atoms with Crippen molar-refractivity contribution in [2.45, 2.75) is 49.4 Å². The van der Waals surface area contributed by atoms with Gasteiger partial charge in [0.15, 0.2) is 21.5 Å². The number of amides is 1. The van der Waals surface area contributed by atoms with Crippen LogP contribution >= 0.6 is 0 Å². The van der Waals surface area contributed by atoms with Crippen LogP contribution in [0.5, 0.6) is 5.75 Å². The number of hydrogen-bond donors (Lipinski definition) is 0. The van der Waals surface area contributed by atoms with E-state index in [0.717, 1.165) is 53.0 Å². The molecule has 0 radical (unpaired) electrons. The van der Waals surface area contributed by atoms with Gasteiger partial charge in [0.25, 0.3) is 0 Å². The molecule has 0 saturated carbocycles. The van der Waals surface area contributed by atoms with Gasteiger partial charge in [0.05, 0.1) is 17.2 Å². The molecule has 7 nitrogen and oxygen atoms in total. The molecule has 0 N–H and O–H groups in total. The van der Waals surface area contributed by atoms with E-state index < -0.39 is 27.6 Å². The Kier molecular flexibility index (Phi) is 8.35. The second kappa shape index (κ2) is 12.4. The van der Waals surface area contributed by atoms with E-state index in [-0.39, 0.29) is 23.7 Å². The molecule has 228 valence electrons. The van der Waals surface area contributed by atoms with Gasteiger partial charge in [-0.25, -0.2) is 22.0 Å². The van der Waals surface area contributed by atoms with Crippen molar-refractivity contribution in [1.29, 1.82) is 0 Å². The number of hydrogen-bond acceptors (Lipinski definition) is 6. The third kappa shape index (κ3) is 6.91. The normalized spacial score (nSPS) is 15.8. The molecule has 6 rings (SSSR count). The Bertz CT molecular complexity index is 1760. The molecule has 1 amide bonds. The zero-order valence-corrected chi connectivity index (χ0v) is 24.9. The van der Waals surface area contributed by atoms with Crippen LogP contribution in [0.2, 0.25) is 0 Å². The zero-order valence-electron chi connectivity index (χ0n) is 24.0. The fraction of sp³-hybridized carbons (Fsp3) is 0.294. The Morgan fingerprint density at radius 2 is 1.61 bits per heavy atom. The Balaban J connectivity index is 1.03. The summed E-state index contributed by atoms with van der Waals surface area (Å²) in [5.41, 5.74) is 4.44. The van der Waals surface area contributed by atoms with E-state index in [1.54, 1.807) is 29.3 Å². The van der Waals surface area contributed by atoms with Gasteiger partial charge in [-0.2, -0.15) is 0 Å². The Hall–Kier alpha value is -4.31. The molecule has 0 unspecified atom stereocenters. The number of piperidine rings is 1. The van der Waals surface area contributed by atoms with Gasteiger partial charge in [0.1, 0.15) is 18.0 Å². The molecule has 3 aromatic carbocycles. The van der Waals surface area contributed by atoms with E-state index in [4.69, 9.17) is 9.47 Å². The van der Waals surface area contributed by atoms with Crippen LogP contribution in [0.3, 0.4) is 0 Å². The average Bonchev–Trinajstić information content (AvgIpc) is 3.02. The van der Waals surface area contributed by atoms with Crippen LogP contribution in [-0.4, -0.2) is 43.1 Å². The molecule has 3 heterocycles. The molecule has 0 bridgehead atoms. The number of benzene rings is 3. The minimum absolute atomic E-state index is 0.0483. The number of sulfone groups is 1. The van der Waals surface area contributed by atoms with Gasteiger partial charge in [-0.05, 0) is 77.1 Å². The lowest BCUT2D eigenvalue weighted by Crippen LogP contribution is -2.51. The smallest absolute Gasteiger partial charge is 0.410 e. The van der Waals surface area contributed by atoms with Crippen molar-refractivity contribution in [2.75, 3.05) is 13.1 Å². The Morgan fingerprint density at radius 1 is 0.864 bits per heavy atom. The second-order valence-electron chi connectivity index (χ2n) is 11.4. The maximum absolute atomic E-state index is 13.4. The number of fused-ring (bicyclic) bond motifs is 1. The number of likely N-dealkylation sites (tertiary alicyclic amines) is 1. The van der Waals surface area contributed by atoms with E-state index >= 15 is 0 Å². The summed E-state index contributed by atoms with van der Waals surface area (Å²) in [7, 11) is -3.35. The average molecular weight is 619 g/mol. The number of aryl methyl sites for hydroxylation is 1. The van der Waals surface area contributed by atoms with Gasteiger partial charge < -0.3 is 14.4 Å². The largest absolute Gasteiger partial charge is 0.487 e. The predicted molar refractivity (Wildman–Crippen MR) is 161 cm³/mol. The molecule has 10 heteroatoms. The van der Waals surface area contributed by atoms with E-state index in [9.17, 15) is 22.0 Å². The molecule has 1 saturated heterocycles. The molecule has 44 heavy (non-hydrogen) atoms. The van der Waals surface area contributed by atoms with Gasteiger partial charge in [0.2, 0.25) is 0 Å². The van der Waals surface area contributed by atoms with Crippen molar-refractivity contribution in [2.24, 2.45) is 0 Å². The standard InChI is InChI=1S/C34H32F2N2O5S/c35-30-10-6-25(19-31(30)36)21-42-33(39)38-17-14-34(15-18-38)13-12-28-20-27(9-11-32(28)43-34)26-7-4-24(5-8-26)22-44(40,41)23-29-3-1-2-16-37-29/h1-11,16,19-20H,12-15,17-18,21-23H2. The van der Waals surface area contributed by atoms with E-state index in [1.165, 1.54) is 6.07 Å². The number of ether oxygens (including phenoxy) is 2. The van der Waals surface area contributed by atoms with Crippen LogP contribution in [0, 0.1) is 11.6 Å². The van der Waals surface area contributed by atoms with Gasteiger partial charge in [-0.15, -0.1) is 0 Å². The number of carbonyl (C=O) groups is 1. The van der Waals surface area contributed by atoms with Gasteiger partial charge in [0, 0.05) is 32.1 Å². The maximum Gasteiger partial charge on any atom is 0.410 e. The van der Waals surface area contributed by atoms with Crippen LogP contribution in [0.4, 0.5) is 13.6 Å². The molecule has 2 aliphatic heterocycles. The third-order valence-corrected chi connectivity index (χ3v) is 9.79. The Morgan fingerprint density at radius 3 is 2.34 bits per heavy atom. The molecule has 0 aliphatic carbocycles. The first kappa shape index (κ1) is 29.7. The highest BCUT2D eigenvalue weighted by molar-refractivity contribution is 7.89. The quantitative estimate of drug-likeness (QED) is 0.231. The van der Waals surface area contributed by atoms with Crippen molar-refractivity contribution < 1.29 is 31.5 Å². The number of nitrogens with zero attached hydrogens (tertiary/aromatic N) is 2. The van der Waals surface area contributed by atoms with Crippen molar-refractivity contribution >= 4 is 15.9 Å². The Labute approximate surface area is 255 Å². The molecule has 0 atom stereocenters. The van der Waals surface area contributed by atoms with Crippen molar-refractivity contribution in [3.05, 3.63) is 119 Å². The van der Waals surface area contributed by atoms with Gasteiger partial charge in [-0.1, -0.05) is 42.5 Å². The lowest BCUT2D eigenvalue weighted by molar-refractivity contribution is -0.0151. The summed E-state index contributed by atoms with van der Waals surface area (Å²) < 4.78 is 63.8. The van der Waals surface area contributed by atoms with Crippen molar-refractivity contribution in [1.82, 2.24) is 9.88 Å². The number of carbonyl (C=O) groups excluding carboxylic acids is 1. The summed E-state index contributed by atoms with van der Waals surface area (Å²) >= 11 is 0. The van der Waals surface area contributed by atoms with E-state index in [2.05, 4.69) is 11.1 Å². The summed E-state index contributed by atoms with van der Waals surface area (Å²) in [5.74, 6) is -1.22. The number of rotatable bonds is 7. The first-order valence-corrected chi connectivity index (χ1v) is 16.4. The predicted octanol–water partition coefficient (Wildman–Crippen LogP) is 6.64. The van der Waals surface area contributed by atoms with Crippen LogP contribution in [0.25, 0.3) is 11.1 Å².